The van der Waals surface area contributed by atoms with Gasteiger partial charge in [-0.25, -0.2) is 0 Å². The van der Waals surface area contributed by atoms with Crippen LogP contribution in [0.1, 0.15) is 30.9 Å². The molecule has 21 heavy (non-hydrogen) atoms. The van der Waals surface area contributed by atoms with Crippen LogP contribution in [0.5, 0.6) is 0 Å². The summed E-state index contributed by atoms with van der Waals surface area (Å²) in [6.07, 6.45) is 12.6. The maximum Gasteiger partial charge on any atom is 0.0893 e. The molecule has 1 aliphatic carbocycles. The lowest BCUT2D eigenvalue weighted by Gasteiger charge is -2.45. The van der Waals surface area contributed by atoms with Gasteiger partial charge in [0, 0.05) is 41.4 Å². The van der Waals surface area contributed by atoms with Crippen LogP contribution in [-0.4, -0.2) is 12.6 Å². The van der Waals surface area contributed by atoms with E-state index in [1.54, 1.807) is 0 Å². The number of fused-ring (bicyclic) bond motifs is 3. The number of ether oxygens (including phenoxy) is 1. The van der Waals surface area contributed by atoms with Gasteiger partial charge in [-0.2, -0.15) is 0 Å². The first-order valence-corrected chi connectivity index (χ1v) is 7.94. The fourth-order valence-corrected chi connectivity index (χ4v) is 4.02. The lowest BCUT2D eigenvalue weighted by atomic mass is 9.74. The standard InChI is InChI=1S/C18H22N2O/c19-13-8-9-16-15(11-13)18-14(7-4-10-21-18)17(20-16)12-5-2-1-3-6-12/h1-3,5,8-9,11-12,14,17-18,20H,4,6-7,10,19H2/t12?,14-,17-,18-/m0/s1. The molecule has 3 heteroatoms. The molecule has 110 valence electrons. The number of allylic oxidation sites excluding steroid dienone is 3. The molecule has 2 heterocycles. The van der Waals surface area contributed by atoms with Crippen LogP contribution in [0.2, 0.25) is 0 Å². The van der Waals surface area contributed by atoms with E-state index in [1.807, 2.05) is 6.07 Å². The number of hydrogen-bond acceptors (Lipinski definition) is 3. The molecule has 0 aromatic heterocycles. The number of nitrogen functional groups attached to an aromatic ring is 1. The van der Waals surface area contributed by atoms with Crippen molar-refractivity contribution in [1.82, 2.24) is 0 Å². The third-order valence-corrected chi connectivity index (χ3v) is 5.01. The average Bonchev–Trinajstić information content (AvgIpc) is 2.55. The highest BCUT2D eigenvalue weighted by Gasteiger charge is 2.41. The molecule has 2 aliphatic heterocycles. The zero-order chi connectivity index (χ0) is 14.2. The van der Waals surface area contributed by atoms with Crippen molar-refractivity contribution in [2.24, 2.45) is 11.8 Å². The molecule has 1 fully saturated rings. The van der Waals surface area contributed by atoms with Crippen molar-refractivity contribution in [3.05, 3.63) is 48.1 Å². The van der Waals surface area contributed by atoms with Crippen molar-refractivity contribution in [1.29, 1.82) is 0 Å². The normalized spacial score (nSPS) is 33.9. The van der Waals surface area contributed by atoms with Crippen LogP contribution in [0.15, 0.2) is 42.5 Å². The van der Waals surface area contributed by atoms with E-state index < -0.39 is 0 Å². The molecule has 3 N–H and O–H groups in total. The molecular weight excluding hydrogens is 260 g/mol. The van der Waals surface area contributed by atoms with Crippen LogP contribution in [0, 0.1) is 11.8 Å². The quantitative estimate of drug-likeness (QED) is 0.773. The van der Waals surface area contributed by atoms with Crippen molar-refractivity contribution in [2.75, 3.05) is 17.7 Å². The van der Waals surface area contributed by atoms with Crippen LogP contribution < -0.4 is 11.1 Å². The monoisotopic (exact) mass is 282 g/mol. The molecule has 0 radical (unpaired) electrons. The lowest BCUT2D eigenvalue weighted by molar-refractivity contribution is -0.0417. The summed E-state index contributed by atoms with van der Waals surface area (Å²) in [4.78, 5) is 0. The van der Waals surface area contributed by atoms with Gasteiger partial charge >= 0.3 is 0 Å². The topological polar surface area (TPSA) is 47.3 Å². The number of nitrogens with two attached hydrogens (primary N) is 1. The van der Waals surface area contributed by atoms with Gasteiger partial charge in [0.25, 0.3) is 0 Å². The minimum atomic E-state index is 0.197. The van der Waals surface area contributed by atoms with Crippen LogP contribution in [0.3, 0.4) is 0 Å². The first-order chi connectivity index (χ1) is 10.3. The van der Waals surface area contributed by atoms with E-state index in [2.05, 4.69) is 41.8 Å². The predicted octanol–water partition coefficient (Wildman–Crippen LogP) is 3.66. The zero-order valence-corrected chi connectivity index (χ0v) is 12.2. The van der Waals surface area contributed by atoms with Crippen molar-refractivity contribution < 1.29 is 4.74 Å². The van der Waals surface area contributed by atoms with Gasteiger partial charge in [-0.3, -0.25) is 0 Å². The molecule has 3 aliphatic rings. The second-order valence-corrected chi connectivity index (χ2v) is 6.33. The molecule has 1 unspecified atom stereocenters. The fourth-order valence-electron chi connectivity index (χ4n) is 4.02. The van der Waals surface area contributed by atoms with Crippen molar-refractivity contribution in [3.63, 3.8) is 0 Å². The van der Waals surface area contributed by atoms with Crippen LogP contribution in [0.4, 0.5) is 11.4 Å². The summed E-state index contributed by atoms with van der Waals surface area (Å²) in [7, 11) is 0. The maximum atomic E-state index is 6.15. The number of rotatable bonds is 1. The zero-order valence-electron chi connectivity index (χ0n) is 12.2. The highest BCUT2D eigenvalue weighted by atomic mass is 16.5. The minimum absolute atomic E-state index is 0.197. The molecule has 1 aromatic rings. The Morgan fingerprint density at radius 3 is 3.05 bits per heavy atom. The first-order valence-electron chi connectivity index (χ1n) is 7.94. The summed E-state index contributed by atoms with van der Waals surface area (Å²) in [6, 6.07) is 6.61. The molecule has 0 spiro atoms. The van der Waals surface area contributed by atoms with E-state index in [-0.39, 0.29) is 6.10 Å². The van der Waals surface area contributed by atoms with Gasteiger partial charge < -0.3 is 15.8 Å². The molecule has 4 atom stereocenters. The minimum Gasteiger partial charge on any atom is -0.399 e. The van der Waals surface area contributed by atoms with Gasteiger partial charge in [-0.15, -0.1) is 0 Å². The number of benzene rings is 1. The molecule has 0 saturated carbocycles. The summed E-state index contributed by atoms with van der Waals surface area (Å²) >= 11 is 0. The molecule has 4 rings (SSSR count). The van der Waals surface area contributed by atoms with Crippen LogP contribution in [-0.2, 0) is 4.74 Å². The summed E-state index contributed by atoms with van der Waals surface area (Å²) in [5.41, 5.74) is 9.24. The molecule has 0 bridgehead atoms. The van der Waals surface area contributed by atoms with E-state index in [1.165, 1.54) is 17.7 Å². The van der Waals surface area contributed by atoms with Gasteiger partial charge in [0.1, 0.15) is 0 Å². The van der Waals surface area contributed by atoms with E-state index in [0.29, 0.717) is 17.9 Å². The Bertz CT molecular complexity index is 593. The second kappa shape index (κ2) is 5.23. The van der Waals surface area contributed by atoms with E-state index >= 15 is 0 Å². The number of anilines is 2. The highest BCUT2D eigenvalue weighted by molar-refractivity contribution is 5.61. The Morgan fingerprint density at radius 1 is 1.24 bits per heavy atom. The molecule has 1 aromatic carbocycles. The Morgan fingerprint density at radius 2 is 2.19 bits per heavy atom. The second-order valence-electron chi connectivity index (χ2n) is 6.33. The van der Waals surface area contributed by atoms with E-state index in [0.717, 1.165) is 25.1 Å². The Hall–Kier alpha value is -1.74. The van der Waals surface area contributed by atoms with Gasteiger partial charge in [0.05, 0.1) is 6.10 Å². The SMILES string of the molecule is Nc1ccc2c(c1)[C@H]1OCCC[C@H]1[C@H](C1C=CC=CC1)N2. The Kier molecular flexibility index (Phi) is 3.23. The van der Waals surface area contributed by atoms with E-state index in [9.17, 15) is 0 Å². The van der Waals surface area contributed by atoms with Gasteiger partial charge in [-0.1, -0.05) is 24.3 Å². The van der Waals surface area contributed by atoms with Crippen LogP contribution in [0.25, 0.3) is 0 Å². The number of nitrogens with one attached hydrogen (secondary N) is 1. The third kappa shape index (κ3) is 2.26. The lowest BCUT2D eigenvalue weighted by Crippen LogP contribution is -2.45. The predicted molar refractivity (Wildman–Crippen MR) is 86.1 cm³/mol. The van der Waals surface area contributed by atoms with Crippen molar-refractivity contribution in [3.8, 4) is 0 Å². The van der Waals surface area contributed by atoms with Crippen molar-refractivity contribution >= 4 is 11.4 Å². The molecule has 0 amide bonds. The summed E-state index contributed by atoms with van der Waals surface area (Å²) in [6.45, 7) is 0.864. The smallest absolute Gasteiger partial charge is 0.0893 e. The van der Waals surface area contributed by atoms with Crippen molar-refractivity contribution in [2.45, 2.75) is 31.4 Å². The summed E-state index contributed by atoms with van der Waals surface area (Å²) in [5, 5.41) is 3.77. The maximum absolute atomic E-state index is 6.15. The Balaban J connectivity index is 1.71. The molecular formula is C18H22N2O. The Labute approximate surface area is 125 Å². The molecule has 1 saturated heterocycles. The summed E-state index contributed by atoms with van der Waals surface area (Å²) < 4.78 is 6.15. The van der Waals surface area contributed by atoms with Gasteiger partial charge in [-0.05, 0) is 37.5 Å². The van der Waals surface area contributed by atoms with E-state index in [4.69, 9.17) is 10.5 Å². The largest absolute Gasteiger partial charge is 0.399 e. The van der Waals surface area contributed by atoms with Gasteiger partial charge in [0.2, 0.25) is 0 Å². The van der Waals surface area contributed by atoms with Crippen LogP contribution >= 0.6 is 0 Å². The average molecular weight is 282 g/mol. The summed E-state index contributed by atoms with van der Waals surface area (Å²) in [5.74, 6) is 1.09. The molecule has 3 nitrogen and oxygen atoms in total. The first kappa shape index (κ1) is 13.0. The van der Waals surface area contributed by atoms with Gasteiger partial charge in [0.15, 0.2) is 0 Å². The fraction of sp³-hybridized carbons (Fsp3) is 0.444. The number of hydrogen-bond donors (Lipinski definition) is 2. The third-order valence-electron chi connectivity index (χ3n) is 5.01. The highest BCUT2D eigenvalue weighted by Crippen LogP contribution is 2.46.